The number of aliphatic hydroxyl groups excluding tert-OH is 1. The number of hydrogen-bond acceptors (Lipinski definition) is 3. The van der Waals surface area contributed by atoms with Gasteiger partial charge < -0.3 is 14.9 Å². The molecule has 1 aliphatic rings. The molecule has 0 aromatic carbocycles. The van der Waals surface area contributed by atoms with Gasteiger partial charge in [-0.3, -0.25) is 0 Å². The van der Waals surface area contributed by atoms with Crippen molar-refractivity contribution >= 4 is 5.97 Å². The van der Waals surface area contributed by atoms with Crippen molar-refractivity contribution in [2.45, 2.75) is 31.8 Å². The van der Waals surface area contributed by atoms with Crippen LogP contribution in [0.3, 0.4) is 0 Å². The van der Waals surface area contributed by atoms with Gasteiger partial charge in [0.15, 0.2) is 0 Å². The number of carbonyl (C=O) groups is 1. The monoisotopic (exact) mass is 188 g/mol. The van der Waals surface area contributed by atoms with Gasteiger partial charge in [-0.05, 0) is 25.2 Å². The summed E-state index contributed by atoms with van der Waals surface area (Å²) in [6, 6.07) is 0. The molecule has 13 heavy (non-hydrogen) atoms. The zero-order valence-electron chi connectivity index (χ0n) is 7.61. The molecule has 1 rings (SSSR count). The lowest BCUT2D eigenvalue weighted by Crippen LogP contribution is -2.24. The smallest absolute Gasteiger partial charge is 0.329 e. The molecule has 1 saturated carbocycles. The minimum atomic E-state index is -0.934. The van der Waals surface area contributed by atoms with E-state index in [1.54, 1.807) is 0 Å². The summed E-state index contributed by atoms with van der Waals surface area (Å²) in [6.07, 6.45) is 3.46. The van der Waals surface area contributed by atoms with E-state index in [-0.39, 0.29) is 12.7 Å². The molecule has 0 saturated heterocycles. The van der Waals surface area contributed by atoms with Crippen LogP contribution in [0.1, 0.15) is 25.7 Å². The highest BCUT2D eigenvalue weighted by Crippen LogP contribution is 2.24. The molecular formula is C9H16O4. The van der Waals surface area contributed by atoms with Gasteiger partial charge in [0.2, 0.25) is 0 Å². The standard InChI is InChI=1S/C9H16O4/c10-8-3-1-2-7(4-8)5-13-6-9(11)12/h7-8,10H,1-6H2,(H,11,12). The number of aliphatic carboxylic acids is 1. The Bertz CT molecular complexity index is 169. The summed E-state index contributed by atoms with van der Waals surface area (Å²) < 4.78 is 4.97. The summed E-state index contributed by atoms with van der Waals surface area (Å²) >= 11 is 0. The Morgan fingerprint density at radius 1 is 1.46 bits per heavy atom. The molecule has 0 spiro atoms. The van der Waals surface area contributed by atoms with Crippen LogP contribution >= 0.6 is 0 Å². The Kier molecular flexibility index (Phi) is 4.18. The molecule has 76 valence electrons. The summed E-state index contributed by atoms with van der Waals surface area (Å²) in [6.45, 7) is 0.232. The van der Waals surface area contributed by atoms with E-state index >= 15 is 0 Å². The average molecular weight is 188 g/mol. The zero-order chi connectivity index (χ0) is 9.68. The van der Waals surface area contributed by atoms with Crippen LogP contribution in [-0.4, -0.2) is 35.5 Å². The molecule has 0 aromatic heterocycles. The summed E-state index contributed by atoms with van der Waals surface area (Å²) in [5.74, 6) is -0.598. The van der Waals surface area contributed by atoms with Crippen molar-refractivity contribution in [1.29, 1.82) is 0 Å². The van der Waals surface area contributed by atoms with E-state index in [1.165, 1.54) is 0 Å². The number of hydrogen-bond donors (Lipinski definition) is 2. The van der Waals surface area contributed by atoms with Crippen LogP contribution in [0.15, 0.2) is 0 Å². The van der Waals surface area contributed by atoms with Gasteiger partial charge in [0.05, 0.1) is 12.7 Å². The molecule has 2 atom stereocenters. The van der Waals surface area contributed by atoms with E-state index in [0.717, 1.165) is 25.7 Å². The number of ether oxygens (including phenoxy) is 1. The minimum absolute atomic E-state index is 0.216. The molecule has 0 bridgehead atoms. The predicted octanol–water partition coefficient (Wildman–Crippen LogP) is 0.639. The first kappa shape index (κ1) is 10.5. The number of aliphatic hydroxyl groups is 1. The minimum Gasteiger partial charge on any atom is -0.480 e. The van der Waals surface area contributed by atoms with Crippen molar-refractivity contribution in [2.24, 2.45) is 5.92 Å². The van der Waals surface area contributed by atoms with Crippen molar-refractivity contribution in [3.63, 3.8) is 0 Å². The summed E-state index contributed by atoms with van der Waals surface area (Å²) in [5, 5.41) is 17.6. The SMILES string of the molecule is O=C(O)COCC1CCCC(O)C1. The van der Waals surface area contributed by atoms with Gasteiger partial charge in [-0.2, -0.15) is 0 Å². The highest BCUT2D eigenvalue weighted by molar-refractivity contribution is 5.67. The van der Waals surface area contributed by atoms with E-state index in [1.807, 2.05) is 0 Å². The van der Waals surface area contributed by atoms with Crippen LogP contribution < -0.4 is 0 Å². The molecule has 4 nitrogen and oxygen atoms in total. The van der Waals surface area contributed by atoms with Crippen LogP contribution in [0, 0.1) is 5.92 Å². The maximum absolute atomic E-state index is 10.1. The first-order valence-corrected chi connectivity index (χ1v) is 4.66. The molecular weight excluding hydrogens is 172 g/mol. The van der Waals surface area contributed by atoms with Gasteiger partial charge in [-0.25, -0.2) is 4.79 Å². The summed E-state index contributed by atoms with van der Waals surface area (Å²) in [7, 11) is 0. The van der Waals surface area contributed by atoms with Gasteiger partial charge in [0.25, 0.3) is 0 Å². The molecule has 0 aromatic rings. The molecule has 0 amide bonds. The summed E-state index contributed by atoms with van der Waals surface area (Å²) in [4.78, 5) is 10.1. The molecule has 0 heterocycles. The average Bonchev–Trinajstić information content (AvgIpc) is 2.03. The van der Waals surface area contributed by atoms with E-state index in [4.69, 9.17) is 9.84 Å². The van der Waals surface area contributed by atoms with E-state index in [2.05, 4.69) is 0 Å². The van der Waals surface area contributed by atoms with E-state index in [9.17, 15) is 9.90 Å². The summed E-state index contributed by atoms with van der Waals surface area (Å²) in [5.41, 5.74) is 0. The Morgan fingerprint density at radius 2 is 2.23 bits per heavy atom. The zero-order valence-corrected chi connectivity index (χ0v) is 7.61. The van der Waals surface area contributed by atoms with Crippen LogP contribution in [-0.2, 0) is 9.53 Å². The van der Waals surface area contributed by atoms with E-state index < -0.39 is 5.97 Å². The van der Waals surface area contributed by atoms with Gasteiger partial charge in [0.1, 0.15) is 6.61 Å². The normalized spacial score (nSPS) is 28.7. The van der Waals surface area contributed by atoms with Crippen molar-refractivity contribution in [3.8, 4) is 0 Å². The lowest BCUT2D eigenvalue weighted by atomic mass is 9.88. The third-order valence-electron chi connectivity index (χ3n) is 2.33. The van der Waals surface area contributed by atoms with Crippen LogP contribution in [0.2, 0.25) is 0 Å². The van der Waals surface area contributed by atoms with Crippen LogP contribution in [0.25, 0.3) is 0 Å². The quantitative estimate of drug-likeness (QED) is 0.679. The number of carboxylic acids is 1. The second-order valence-corrected chi connectivity index (χ2v) is 3.60. The topological polar surface area (TPSA) is 66.8 Å². The lowest BCUT2D eigenvalue weighted by Gasteiger charge is -2.25. The Labute approximate surface area is 77.5 Å². The van der Waals surface area contributed by atoms with Gasteiger partial charge >= 0.3 is 5.97 Å². The first-order valence-electron chi connectivity index (χ1n) is 4.66. The maximum Gasteiger partial charge on any atom is 0.329 e. The maximum atomic E-state index is 10.1. The van der Waals surface area contributed by atoms with Crippen molar-refractivity contribution in [1.82, 2.24) is 0 Å². The van der Waals surface area contributed by atoms with Gasteiger partial charge in [-0.1, -0.05) is 6.42 Å². The highest BCUT2D eigenvalue weighted by Gasteiger charge is 2.20. The third kappa shape index (κ3) is 4.24. The molecule has 2 N–H and O–H groups in total. The fraction of sp³-hybridized carbons (Fsp3) is 0.889. The van der Waals surface area contributed by atoms with Crippen molar-refractivity contribution < 1.29 is 19.7 Å². The Hall–Kier alpha value is -0.610. The molecule has 0 radical (unpaired) electrons. The lowest BCUT2D eigenvalue weighted by molar-refractivity contribution is -0.142. The Morgan fingerprint density at radius 3 is 2.85 bits per heavy atom. The van der Waals surface area contributed by atoms with Gasteiger partial charge in [0, 0.05) is 0 Å². The van der Waals surface area contributed by atoms with Crippen molar-refractivity contribution in [3.05, 3.63) is 0 Å². The van der Waals surface area contributed by atoms with Crippen LogP contribution in [0.4, 0.5) is 0 Å². The third-order valence-corrected chi connectivity index (χ3v) is 2.33. The largest absolute Gasteiger partial charge is 0.480 e. The second-order valence-electron chi connectivity index (χ2n) is 3.60. The number of carboxylic acid groups (broad SMARTS) is 1. The molecule has 0 aliphatic heterocycles. The van der Waals surface area contributed by atoms with Crippen LogP contribution in [0.5, 0.6) is 0 Å². The highest BCUT2D eigenvalue weighted by atomic mass is 16.5. The predicted molar refractivity (Wildman–Crippen MR) is 46.4 cm³/mol. The number of rotatable bonds is 4. The Balaban J connectivity index is 2.10. The molecule has 2 unspecified atom stereocenters. The molecule has 1 aliphatic carbocycles. The molecule has 4 heteroatoms. The molecule has 1 fully saturated rings. The second kappa shape index (κ2) is 5.19. The van der Waals surface area contributed by atoms with Gasteiger partial charge in [-0.15, -0.1) is 0 Å². The van der Waals surface area contributed by atoms with E-state index in [0.29, 0.717) is 12.5 Å². The fourth-order valence-corrected chi connectivity index (χ4v) is 1.73. The van der Waals surface area contributed by atoms with Crippen molar-refractivity contribution in [2.75, 3.05) is 13.2 Å². The fourth-order valence-electron chi connectivity index (χ4n) is 1.73. The first-order chi connectivity index (χ1) is 6.18.